The fraction of sp³-hybridized carbons (Fsp3) is 0.231. The predicted octanol–water partition coefficient (Wildman–Crippen LogP) is 4.17. The lowest BCUT2D eigenvalue weighted by Gasteiger charge is -2.31. The molecule has 2 aromatic carbocycles. The van der Waals surface area contributed by atoms with Crippen molar-refractivity contribution in [2.75, 3.05) is 30.4 Å². The van der Waals surface area contributed by atoms with Gasteiger partial charge in [0.1, 0.15) is 0 Å². The number of methoxy groups -OCH3 is 1. The van der Waals surface area contributed by atoms with E-state index in [1.54, 1.807) is 24.3 Å². The lowest BCUT2D eigenvalue weighted by Crippen LogP contribution is -2.38. The molecule has 0 spiro atoms. The van der Waals surface area contributed by atoms with Gasteiger partial charge in [-0.15, -0.1) is 10.2 Å². The third-order valence-corrected chi connectivity index (χ3v) is 5.77. The number of piperidine rings is 1. The van der Waals surface area contributed by atoms with E-state index in [1.165, 1.54) is 7.11 Å². The third-order valence-electron chi connectivity index (χ3n) is 5.57. The minimum Gasteiger partial charge on any atom is -0.465 e. The zero-order chi connectivity index (χ0) is 23.9. The summed E-state index contributed by atoms with van der Waals surface area (Å²) in [5, 5.41) is 11.4. The number of aromatic nitrogens is 2. The molecule has 1 N–H and O–H groups in total. The highest BCUT2D eigenvalue weighted by atomic mass is 35.5. The van der Waals surface area contributed by atoms with Gasteiger partial charge in [0, 0.05) is 35.8 Å². The number of hydrogen-bond acceptors (Lipinski definition) is 6. The summed E-state index contributed by atoms with van der Waals surface area (Å²) in [6, 6.07) is 17.9. The van der Waals surface area contributed by atoms with Crippen LogP contribution in [0.3, 0.4) is 0 Å². The number of halogens is 1. The molecule has 0 aliphatic carbocycles. The Balaban J connectivity index is 1.36. The Kier molecular flexibility index (Phi) is 7.41. The number of anilines is 2. The largest absolute Gasteiger partial charge is 0.465 e. The van der Waals surface area contributed by atoms with Gasteiger partial charge in [0.2, 0.25) is 5.91 Å². The van der Waals surface area contributed by atoms with Crippen molar-refractivity contribution in [2.45, 2.75) is 12.8 Å². The molecular formula is C26H23ClN4O3. The van der Waals surface area contributed by atoms with Crippen LogP contribution in [-0.2, 0) is 9.53 Å². The van der Waals surface area contributed by atoms with Crippen molar-refractivity contribution in [2.24, 2.45) is 5.92 Å². The van der Waals surface area contributed by atoms with E-state index in [0.29, 0.717) is 22.0 Å². The highest BCUT2D eigenvalue weighted by Gasteiger charge is 2.25. The van der Waals surface area contributed by atoms with Crippen LogP contribution in [0.1, 0.15) is 34.3 Å². The number of benzene rings is 2. The first-order valence-corrected chi connectivity index (χ1v) is 11.2. The first-order chi connectivity index (χ1) is 16.5. The highest BCUT2D eigenvalue weighted by Crippen LogP contribution is 2.23. The lowest BCUT2D eigenvalue weighted by molar-refractivity contribution is -0.120. The Bertz CT molecular complexity index is 1240. The van der Waals surface area contributed by atoms with E-state index >= 15 is 0 Å². The standard InChI is InChI=1S/C26H23ClN4O3/c1-34-26(33)21-6-2-4-18(16-21)8-9-19-5-3-7-22(17-19)28-25(32)20-12-14-31(15-13-20)24-11-10-23(27)29-30-24/h2-7,10-11,16-17,20H,12-15H2,1H3,(H,28,32). The van der Waals surface area contributed by atoms with Crippen LogP contribution in [0.2, 0.25) is 5.15 Å². The number of rotatable bonds is 4. The van der Waals surface area contributed by atoms with Crippen molar-refractivity contribution in [3.05, 3.63) is 82.5 Å². The van der Waals surface area contributed by atoms with Crippen molar-refractivity contribution in [1.82, 2.24) is 10.2 Å². The van der Waals surface area contributed by atoms with Gasteiger partial charge in [0.05, 0.1) is 12.7 Å². The van der Waals surface area contributed by atoms with Crippen LogP contribution in [0.4, 0.5) is 11.5 Å². The van der Waals surface area contributed by atoms with Gasteiger partial charge < -0.3 is 15.0 Å². The van der Waals surface area contributed by atoms with Crippen LogP contribution in [0, 0.1) is 17.8 Å². The van der Waals surface area contributed by atoms with Crippen molar-refractivity contribution in [3.8, 4) is 11.8 Å². The second-order valence-electron chi connectivity index (χ2n) is 7.87. The van der Waals surface area contributed by atoms with E-state index < -0.39 is 5.97 Å². The maximum Gasteiger partial charge on any atom is 0.337 e. The molecule has 0 bridgehead atoms. The molecule has 34 heavy (non-hydrogen) atoms. The van der Waals surface area contributed by atoms with E-state index in [0.717, 1.165) is 37.3 Å². The van der Waals surface area contributed by atoms with E-state index in [-0.39, 0.29) is 11.8 Å². The molecule has 1 aliphatic rings. The number of hydrogen-bond donors (Lipinski definition) is 1. The van der Waals surface area contributed by atoms with Crippen molar-refractivity contribution in [3.63, 3.8) is 0 Å². The Hall–Kier alpha value is -3.89. The second kappa shape index (κ2) is 10.8. The van der Waals surface area contributed by atoms with Crippen LogP contribution in [0.15, 0.2) is 60.7 Å². The molecule has 7 nitrogen and oxygen atoms in total. The molecule has 4 rings (SSSR count). The molecule has 1 saturated heterocycles. The molecule has 1 aromatic heterocycles. The summed E-state index contributed by atoms with van der Waals surface area (Å²) in [6.07, 6.45) is 1.46. The number of amides is 1. The van der Waals surface area contributed by atoms with Crippen LogP contribution in [-0.4, -0.2) is 42.3 Å². The summed E-state index contributed by atoms with van der Waals surface area (Å²) in [4.78, 5) is 26.6. The van der Waals surface area contributed by atoms with Gasteiger partial charge >= 0.3 is 5.97 Å². The van der Waals surface area contributed by atoms with Crippen LogP contribution in [0.5, 0.6) is 0 Å². The Morgan fingerprint density at radius 3 is 2.38 bits per heavy atom. The fourth-order valence-corrected chi connectivity index (χ4v) is 3.85. The average molecular weight is 475 g/mol. The van der Waals surface area contributed by atoms with Crippen molar-refractivity contribution < 1.29 is 14.3 Å². The van der Waals surface area contributed by atoms with E-state index in [1.807, 2.05) is 36.4 Å². The minimum absolute atomic E-state index is 0.00210. The predicted molar refractivity (Wildman–Crippen MR) is 131 cm³/mol. The quantitative estimate of drug-likeness (QED) is 0.451. The van der Waals surface area contributed by atoms with E-state index in [2.05, 4.69) is 32.3 Å². The first-order valence-electron chi connectivity index (χ1n) is 10.9. The van der Waals surface area contributed by atoms with Crippen LogP contribution < -0.4 is 10.2 Å². The summed E-state index contributed by atoms with van der Waals surface area (Å²) < 4.78 is 4.75. The van der Waals surface area contributed by atoms with Gasteiger partial charge in [-0.25, -0.2) is 4.79 Å². The maximum atomic E-state index is 12.8. The van der Waals surface area contributed by atoms with Crippen molar-refractivity contribution in [1.29, 1.82) is 0 Å². The Labute approximate surface area is 203 Å². The van der Waals surface area contributed by atoms with E-state index in [9.17, 15) is 9.59 Å². The Morgan fingerprint density at radius 1 is 1.00 bits per heavy atom. The van der Waals surface area contributed by atoms with Gasteiger partial charge in [0.25, 0.3) is 0 Å². The zero-order valence-corrected chi connectivity index (χ0v) is 19.4. The highest BCUT2D eigenvalue weighted by molar-refractivity contribution is 6.29. The first kappa shape index (κ1) is 23.3. The lowest BCUT2D eigenvalue weighted by atomic mass is 9.95. The summed E-state index contributed by atoms with van der Waals surface area (Å²) in [7, 11) is 1.35. The molecule has 2 heterocycles. The summed E-state index contributed by atoms with van der Waals surface area (Å²) in [6.45, 7) is 1.45. The molecule has 0 atom stereocenters. The normalized spacial score (nSPS) is 13.5. The van der Waals surface area contributed by atoms with Gasteiger partial charge in [-0.1, -0.05) is 35.6 Å². The molecule has 1 fully saturated rings. The molecule has 3 aromatic rings. The number of carbonyl (C=O) groups excluding carboxylic acids is 2. The molecule has 172 valence electrons. The molecule has 0 radical (unpaired) electrons. The molecule has 0 saturated carbocycles. The van der Waals surface area contributed by atoms with E-state index in [4.69, 9.17) is 16.3 Å². The summed E-state index contributed by atoms with van der Waals surface area (Å²) in [5.74, 6) is 6.43. The smallest absolute Gasteiger partial charge is 0.337 e. The average Bonchev–Trinajstić information content (AvgIpc) is 2.88. The van der Waals surface area contributed by atoms with Gasteiger partial charge in [0.15, 0.2) is 11.0 Å². The second-order valence-corrected chi connectivity index (χ2v) is 8.26. The fourth-order valence-electron chi connectivity index (χ4n) is 3.75. The number of ether oxygens (including phenoxy) is 1. The topological polar surface area (TPSA) is 84.4 Å². The zero-order valence-electron chi connectivity index (χ0n) is 18.6. The summed E-state index contributed by atoms with van der Waals surface area (Å²) >= 11 is 5.81. The number of nitrogens with one attached hydrogen (secondary N) is 1. The Morgan fingerprint density at radius 2 is 1.71 bits per heavy atom. The molecule has 8 heteroatoms. The van der Waals surface area contributed by atoms with Gasteiger partial charge in [-0.3, -0.25) is 4.79 Å². The molecular weight excluding hydrogens is 452 g/mol. The van der Waals surface area contributed by atoms with Crippen LogP contribution >= 0.6 is 11.6 Å². The molecule has 1 aliphatic heterocycles. The van der Waals surface area contributed by atoms with Crippen LogP contribution in [0.25, 0.3) is 0 Å². The third kappa shape index (κ3) is 5.91. The monoisotopic (exact) mass is 474 g/mol. The number of nitrogens with zero attached hydrogens (tertiary/aromatic N) is 3. The molecule has 0 unspecified atom stereocenters. The SMILES string of the molecule is COC(=O)c1cccc(C#Cc2cccc(NC(=O)C3CCN(c4ccc(Cl)nn4)CC3)c2)c1. The minimum atomic E-state index is -0.403. The summed E-state index contributed by atoms with van der Waals surface area (Å²) in [5.41, 5.74) is 2.61. The molecule has 1 amide bonds. The maximum absolute atomic E-state index is 12.8. The van der Waals surface area contributed by atoms with Crippen molar-refractivity contribution >= 4 is 35.0 Å². The number of carbonyl (C=O) groups is 2. The number of esters is 1. The van der Waals surface area contributed by atoms with Gasteiger partial charge in [-0.2, -0.15) is 0 Å². The van der Waals surface area contributed by atoms with Gasteiger partial charge in [-0.05, 0) is 61.4 Å².